The Hall–Kier alpha value is -2.37. The highest BCUT2D eigenvalue weighted by atomic mass is 16.6. The van der Waals surface area contributed by atoms with Crippen molar-refractivity contribution in [3.63, 3.8) is 0 Å². The Morgan fingerprint density at radius 1 is 1.21 bits per heavy atom. The predicted molar refractivity (Wildman–Crippen MR) is 90.9 cm³/mol. The SMILES string of the molecule is CC(C)(C)OC(=O)N1CCC2(CC1)N=C(c1ccccc1)C(=O)N2. The fraction of sp³-hybridized carbons (Fsp3) is 0.500. The Morgan fingerprint density at radius 2 is 1.83 bits per heavy atom. The van der Waals surface area contributed by atoms with Crippen LogP contribution < -0.4 is 5.32 Å². The normalized spacial score (nSPS) is 19.9. The maximum atomic E-state index is 12.3. The summed E-state index contributed by atoms with van der Waals surface area (Å²) in [6, 6.07) is 9.45. The van der Waals surface area contributed by atoms with E-state index < -0.39 is 11.3 Å². The molecule has 0 atom stereocenters. The second-order valence-corrected chi connectivity index (χ2v) is 7.28. The molecular formula is C18H23N3O3. The van der Waals surface area contributed by atoms with Crippen molar-refractivity contribution in [1.82, 2.24) is 10.2 Å². The number of likely N-dealkylation sites (tertiary alicyclic amines) is 1. The van der Waals surface area contributed by atoms with E-state index in [0.717, 1.165) is 5.56 Å². The highest BCUT2D eigenvalue weighted by Crippen LogP contribution is 2.29. The number of rotatable bonds is 1. The van der Waals surface area contributed by atoms with Gasteiger partial charge in [-0.2, -0.15) is 0 Å². The van der Waals surface area contributed by atoms with Crippen molar-refractivity contribution in [3.8, 4) is 0 Å². The van der Waals surface area contributed by atoms with Gasteiger partial charge in [-0.25, -0.2) is 4.79 Å². The molecule has 2 aliphatic rings. The lowest BCUT2D eigenvalue weighted by Crippen LogP contribution is -2.53. The number of piperidine rings is 1. The molecule has 128 valence electrons. The lowest BCUT2D eigenvalue weighted by atomic mass is 9.98. The van der Waals surface area contributed by atoms with E-state index in [-0.39, 0.29) is 12.0 Å². The van der Waals surface area contributed by atoms with Crippen LogP contribution in [-0.2, 0) is 9.53 Å². The van der Waals surface area contributed by atoms with Gasteiger partial charge >= 0.3 is 6.09 Å². The van der Waals surface area contributed by atoms with Crippen molar-refractivity contribution < 1.29 is 14.3 Å². The van der Waals surface area contributed by atoms with Gasteiger partial charge in [0, 0.05) is 31.5 Å². The van der Waals surface area contributed by atoms with Gasteiger partial charge in [0.25, 0.3) is 5.91 Å². The molecule has 0 unspecified atom stereocenters. The molecule has 6 nitrogen and oxygen atoms in total. The number of aliphatic imine (C=N–C) groups is 1. The predicted octanol–water partition coefficient (Wildman–Crippen LogP) is 2.33. The topological polar surface area (TPSA) is 71.0 Å². The largest absolute Gasteiger partial charge is 0.444 e. The molecule has 2 amide bonds. The molecule has 24 heavy (non-hydrogen) atoms. The van der Waals surface area contributed by atoms with Gasteiger partial charge in [0.2, 0.25) is 0 Å². The number of nitrogens with one attached hydrogen (secondary N) is 1. The quantitative estimate of drug-likeness (QED) is 0.859. The van der Waals surface area contributed by atoms with E-state index in [0.29, 0.717) is 31.6 Å². The van der Waals surface area contributed by atoms with E-state index in [9.17, 15) is 9.59 Å². The summed E-state index contributed by atoms with van der Waals surface area (Å²) in [4.78, 5) is 30.8. The summed E-state index contributed by atoms with van der Waals surface area (Å²) in [6.07, 6.45) is 0.872. The Labute approximate surface area is 141 Å². The van der Waals surface area contributed by atoms with Gasteiger partial charge in [0.15, 0.2) is 0 Å². The van der Waals surface area contributed by atoms with Gasteiger partial charge in [-0.15, -0.1) is 0 Å². The van der Waals surface area contributed by atoms with Crippen molar-refractivity contribution in [2.45, 2.75) is 44.9 Å². The van der Waals surface area contributed by atoms with Gasteiger partial charge in [-0.05, 0) is 20.8 Å². The van der Waals surface area contributed by atoms with Crippen molar-refractivity contribution in [1.29, 1.82) is 0 Å². The summed E-state index contributed by atoms with van der Waals surface area (Å²) in [7, 11) is 0. The average molecular weight is 329 g/mol. The second-order valence-electron chi connectivity index (χ2n) is 7.28. The molecule has 0 radical (unpaired) electrons. The molecule has 1 aromatic rings. The van der Waals surface area contributed by atoms with Crippen LogP contribution >= 0.6 is 0 Å². The Bertz CT molecular complexity index is 668. The van der Waals surface area contributed by atoms with Crippen LogP contribution in [0.25, 0.3) is 0 Å². The number of amides is 2. The molecule has 0 aromatic heterocycles. The van der Waals surface area contributed by atoms with Crippen LogP contribution in [0.3, 0.4) is 0 Å². The number of carbonyl (C=O) groups is 2. The van der Waals surface area contributed by atoms with Crippen molar-refractivity contribution >= 4 is 17.7 Å². The van der Waals surface area contributed by atoms with E-state index in [1.165, 1.54) is 0 Å². The monoisotopic (exact) mass is 329 g/mol. The lowest BCUT2D eigenvalue weighted by Gasteiger charge is -2.37. The molecule has 0 bridgehead atoms. The van der Waals surface area contributed by atoms with Crippen LogP contribution in [0.4, 0.5) is 4.79 Å². The van der Waals surface area contributed by atoms with Crippen LogP contribution in [-0.4, -0.2) is 47.0 Å². The third-order valence-corrected chi connectivity index (χ3v) is 4.18. The summed E-state index contributed by atoms with van der Waals surface area (Å²) in [5.74, 6) is -0.146. The van der Waals surface area contributed by atoms with Crippen molar-refractivity contribution in [2.75, 3.05) is 13.1 Å². The molecule has 2 aliphatic heterocycles. The molecule has 1 N–H and O–H groups in total. The zero-order chi connectivity index (χ0) is 17.4. The van der Waals surface area contributed by atoms with Crippen molar-refractivity contribution in [3.05, 3.63) is 35.9 Å². The van der Waals surface area contributed by atoms with Gasteiger partial charge in [0.05, 0.1) is 0 Å². The molecule has 1 fully saturated rings. The first kappa shape index (κ1) is 16.5. The summed E-state index contributed by atoms with van der Waals surface area (Å²) in [5, 5.41) is 3.00. The van der Waals surface area contributed by atoms with Crippen LogP contribution in [0.1, 0.15) is 39.2 Å². The first-order valence-corrected chi connectivity index (χ1v) is 8.24. The standard InChI is InChI=1S/C18H23N3O3/c1-17(2,3)24-16(23)21-11-9-18(10-12-21)19-14(15(22)20-18)13-7-5-4-6-8-13/h4-8H,9-12H2,1-3H3,(H,20,22). The zero-order valence-corrected chi connectivity index (χ0v) is 14.3. The Morgan fingerprint density at radius 3 is 2.42 bits per heavy atom. The van der Waals surface area contributed by atoms with Gasteiger partial charge in [-0.3, -0.25) is 9.79 Å². The average Bonchev–Trinajstić information content (AvgIpc) is 2.83. The molecule has 6 heteroatoms. The molecular weight excluding hydrogens is 306 g/mol. The number of ether oxygens (including phenoxy) is 1. The van der Waals surface area contributed by atoms with E-state index >= 15 is 0 Å². The summed E-state index contributed by atoms with van der Waals surface area (Å²) in [5.41, 5.74) is 0.190. The van der Waals surface area contributed by atoms with E-state index in [1.807, 2.05) is 51.1 Å². The summed E-state index contributed by atoms with van der Waals surface area (Å²) in [6.45, 7) is 6.58. The first-order chi connectivity index (χ1) is 11.3. The number of benzene rings is 1. The van der Waals surface area contributed by atoms with Crippen LogP contribution in [0.15, 0.2) is 35.3 Å². The fourth-order valence-electron chi connectivity index (χ4n) is 2.98. The highest BCUT2D eigenvalue weighted by Gasteiger charge is 2.43. The zero-order valence-electron chi connectivity index (χ0n) is 14.3. The number of hydrogen-bond acceptors (Lipinski definition) is 4. The molecule has 1 saturated heterocycles. The Kier molecular flexibility index (Phi) is 4.07. The van der Waals surface area contributed by atoms with E-state index in [1.54, 1.807) is 4.90 Å². The summed E-state index contributed by atoms with van der Waals surface area (Å²) < 4.78 is 5.40. The smallest absolute Gasteiger partial charge is 0.410 e. The molecule has 3 rings (SSSR count). The van der Waals surface area contributed by atoms with Crippen LogP contribution in [0.2, 0.25) is 0 Å². The van der Waals surface area contributed by atoms with E-state index in [2.05, 4.69) is 10.3 Å². The van der Waals surface area contributed by atoms with Crippen LogP contribution in [0, 0.1) is 0 Å². The molecule has 0 aliphatic carbocycles. The third kappa shape index (κ3) is 3.42. The minimum atomic E-state index is -0.596. The number of carbonyl (C=O) groups excluding carboxylic acids is 2. The summed E-state index contributed by atoms with van der Waals surface area (Å²) >= 11 is 0. The molecule has 1 spiro atoms. The number of nitrogens with zero attached hydrogens (tertiary/aromatic N) is 2. The fourth-order valence-corrected chi connectivity index (χ4v) is 2.98. The minimum absolute atomic E-state index is 0.146. The van der Waals surface area contributed by atoms with Crippen LogP contribution in [0.5, 0.6) is 0 Å². The van der Waals surface area contributed by atoms with Gasteiger partial charge in [-0.1, -0.05) is 30.3 Å². The third-order valence-electron chi connectivity index (χ3n) is 4.18. The maximum absolute atomic E-state index is 12.3. The van der Waals surface area contributed by atoms with E-state index in [4.69, 9.17) is 4.74 Å². The maximum Gasteiger partial charge on any atom is 0.410 e. The molecule has 2 heterocycles. The highest BCUT2D eigenvalue weighted by molar-refractivity contribution is 6.46. The first-order valence-electron chi connectivity index (χ1n) is 8.24. The molecule has 0 saturated carbocycles. The molecule has 1 aromatic carbocycles. The van der Waals surface area contributed by atoms with Gasteiger partial charge in [0.1, 0.15) is 17.0 Å². The Balaban J connectivity index is 1.69. The lowest BCUT2D eigenvalue weighted by molar-refractivity contribution is -0.115. The second kappa shape index (κ2) is 5.92. The van der Waals surface area contributed by atoms with Crippen molar-refractivity contribution in [2.24, 2.45) is 4.99 Å². The van der Waals surface area contributed by atoms with Gasteiger partial charge < -0.3 is 15.0 Å². The minimum Gasteiger partial charge on any atom is -0.444 e. The number of hydrogen-bond donors (Lipinski definition) is 1.